The monoisotopic (exact) mass is 244 g/mol. The van der Waals surface area contributed by atoms with E-state index in [2.05, 4.69) is 24.5 Å². The molecule has 0 fully saturated rings. The van der Waals surface area contributed by atoms with E-state index in [-0.39, 0.29) is 5.92 Å². The van der Waals surface area contributed by atoms with Crippen LogP contribution in [0.15, 0.2) is 0 Å². The van der Waals surface area contributed by atoms with Crippen LogP contribution < -0.4 is 10.6 Å². The molecule has 0 aromatic carbocycles. The Balaban J connectivity index is 3.87. The van der Waals surface area contributed by atoms with Crippen LogP contribution in [0.25, 0.3) is 0 Å². The lowest BCUT2D eigenvalue weighted by atomic mass is 10.1. The van der Waals surface area contributed by atoms with Gasteiger partial charge in [0.15, 0.2) is 0 Å². The lowest BCUT2D eigenvalue weighted by Crippen LogP contribution is -2.48. The molecule has 0 aliphatic carbocycles. The molecule has 17 heavy (non-hydrogen) atoms. The van der Waals surface area contributed by atoms with Crippen molar-refractivity contribution >= 4 is 12.0 Å². The highest BCUT2D eigenvalue weighted by atomic mass is 16.4. The van der Waals surface area contributed by atoms with E-state index in [4.69, 9.17) is 5.11 Å². The number of urea groups is 1. The molecule has 0 rings (SSSR count). The van der Waals surface area contributed by atoms with E-state index in [1.807, 2.05) is 0 Å². The predicted molar refractivity (Wildman–Crippen MR) is 66.9 cm³/mol. The second kappa shape index (κ2) is 7.92. The number of nitrogens with one attached hydrogen (secondary N) is 2. The van der Waals surface area contributed by atoms with Crippen molar-refractivity contribution in [3.05, 3.63) is 0 Å². The second-order valence-electron chi connectivity index (χ2n) is 5.00. The number of carboxylic acid groups (broad SMARTS) is 1. The van der Waals surface area contributed by atoms with Crippen LogP contribution in [0.4, 0.5) is 4.79 Å². The first-order chi connectivity index (χ1) is 7.84. The fraction of sp³-hybridized carbons (Fsp3) is 0.833. The molecule has 0 aliphatic rings. The van der Waals surface area contributed by atoms with E-state index in [1.54, 1.807) is 13.8 Å². The summed E-state index contributed by atoms with van der Waals surface area (Å²) in [6, 6.07) is -1.24. The molecule has 0 aromatic rings. The minimum atomic E-state index is -1.00. The molecule has 0 saturated carbocycles. The third kappa shape index (κ3) is 7.60. The van der Waals surface area contributed by atoms with Crippen molar-refractivity contribution in [3.63, 3.8) is 0 Å². The van der Waals surface area contributed by atoms with Gasteiger partial charge in [0, 0.05) is 6.54 Å². The van der Waals surface area contributed by atoms with E-state index >= 15 is 0 Å². The Kier molecular flexibility index (Phi) is 7.34. The Morgan fingerprint density at radius 1 is 1.18 bits per heavy atom. The molecular weight excluding hydrogens is 220 g/mol. The summed E-state index contributed by atoms with van der Waals surface area (Å²) in [7, 11) is 0. The maximum Gasteiger partial charge on any atom is 0.326 e. The van der Waals surface area contributed by atoms with Gasteiger partial charge in [0.25, 0.3) is 0 Å². The zero-order chi connectivity index (χ0) is 13.4. The molecule has 0 aromatic heterocycles. The molecule has 100 valence electrons. The molecule has 0 bridgehead atoms. The fourth-order valence-electron chi connectivity index (χ4n) is 1.42. The molecule has 0 unspecified atom stereocenters. The largest absolute Gasteiger partial charge is 0.480 e. The molecule has 5 heteroatoms. The van der Waals surface area contributed by atoms with Crippen LogP contribution in [0, 0.1) is 11.8 Å². The van der Waals surface area contributed by atoms with Crippen molar-refractivity contribution in [1.82, 2.24) is 10.6 Å². The average Bonchev–Trinajstić information content (AvgIpc) is 2.19. The summed E-state index contributed by atoms with van der Waals surface area (Å²) >= 11 is 0. The number of hydrogen-bond acceptors (Lipinski definition) is 2. The zero-order valence-corrected chi connectivity index (χ0v) is 11.1. The van der Waals surface area contributed by atoms with Gasteiger partial charge in [0.05, 0.1) is 0 Å². The smallest absolute Gasteiger partial charge is 0.326 e. The highest BCUT2D eigenvalue weighted by Gasteiger charge is 2.22. The van der Waals surface area contributed by atoms with E-state index < -0.39 is 18.0 Å². The first-order valence-electron chi connectivity index (χ1n) is 6.11. The summed E-state index contributed by atoms with van der Waals surface area (Å²) in [4.78, 5) is 22.3. The molecule has 0 aliphatic heterocycles. The Morgan fingerprint density at radius 2 is 1.76 bits per heavy atom. The number of carbonyl (C=O) groups is 2. The Hall–Kier alpha value is -1.26. The van der Waals surface area contributed by atoms with E-state index in [0.29, 0.717) is 12.5 Å². The highest BCUT2D eigenvalue weighted by molar-refractivity contribution is 5.82. The molecule has 0 saturated heterocycles. The minimum absolute atomic E-state index is 0.131. The number of rotatable bonds is 7. The van der Waals surface area contributed by atoms with Gasteiger partial charge in [-0.3, -0.25) is 0 Å². The number of amides is 2. The maximum absolute atomic E-state index is 11.4. The predicted octanol–water partition coefficient (Wildman–Crippen LogP) is 1.83. The maximum atomic E-state index is 11.4. The lowest BCUT2D eigenvalue weighted by Gasteiger charge is -2.18. The molecule has 3 N–H and O–H groups in total. The topological polar surface area (TPSA) is 78.4 Å². The van der Waals surface area contributed by atoms with Crippen LogP contribution >= 0.6 is 0 Å². The van der Waals surface area contributed by atoms with Gasteiger partial charge in [0.1, 0.15) is 6.04 Å². The highest BCUT2D eigenvalue weighted by Crippen LogP contribution is 2.03. The third-order valence-corrected chi connectivity index (χ3v) is 2.46. The average molecular weight is 244 g/mol. The number of carbonyl (C=O) groups excluding carboxylic acids is 1. The van der Waals surface area contributed by atoms with Crippen molar-refractivity contribution in [3.8, 4) is 0 Å². The van der Waals surface area contributed by atoms with E-state index in [1.165, 1.54) is 0 Å². The number of hydrogen-bond donors (Lipinski definition) is 3. The normalized spacial score (nSPS) is 12.6. The van der Waals surface area contributed by atoms with Gasteiger partial charge in [0.2, 0.25) is 0 Å². The summed E-state index contributed by atoms with van der Waals surface area (Å²) in [6.45, 7) is 8.35. The van der Waals surface area contributed by atoms with Crippen LogP contribution in [0.2, 0.25) is 0 Å². The third-order valence-electron chi connectivity index (χ3n) is 2.46. The zero-order valence-electron chi connectivity index (χ0n) is 11.1. The lowest BCUT2D eigenvalue weighted by molar-refractivity contribution is -0.140. The van der Waals surface area contributed by atoms with Gasteiger partial charge < -0.3 is 15.7 Å². The van der Waals surface area contributed by atoms with Gasteiger partial charge in [-0.15, -0.1) is 0 Å². The SMILES string of the molecule is CC(C)CCCNC(=O)N[C@H](C(=O)O)C(C)C. The summed E-state index contributed by atoms with van der Waals surface area (Å²) in [5.74, 6) is -0.520. The summed E-state index contributed by atoms with van der Waals surface area (Å²) in [6.07, 6.45) is 1.96. The van der Waals surface area contributed by atoms with Crippen molar-refractivity contribution in [2.75, 3.05) is 6.54 Å². The minimum Gasteiger partial charge on any atom is -0.480 e. The van der Waals surface area contributed by atoms with Gasteiger partial charge in [-0.2, -0.15) is 0 Å². The van der Waals surface area contributed by atoms with Crippen LogP contribution in [-0.4, -0.2) is 29.7 Å². The first kappa shape index (κ1) is 15.7. The summed E-state index contributed by atoms with van der Waals surface area (Å²) in [5.41, 5.74) is 0. The van der Waals surface area contributed by atoms with Gasteiger partial charge in [-0.1, -0.05) is 27.7 Å². The van der Waals surface area contributed by atoms with E-state index in [9.17, 15) is 9.59 Å². The Bertz CT molecular complexity index is 252. The van der Waals surface area contributed by atoms with Crippen molar-refractivity contribution in [2.45, 2.75) is 46.6 Å². The van der Waals surface area contributed by atoms with Gasteiger partial charge in [-0.25, -0.2) is 9.59 Å². The Labute approximate surface area is 103 Å². The molecule has 2 amide bonds. The van der Waals surface area contributed by atoms with Crippen molar-refractivity contribution in [2.24, 2.45) is 11.8 Å². The van der Waals surface area contributed by atoms with Crippen LogP contribution in [0.3, 0.4) is 0 Å². The standard InChI is InChI=1S/C12H24N2O3/c1-8(2)6-5-7-13-12(17)14-10(9(3)4)11(15)16/h8-10H,5-7H2,1-4H3,(H,15,16)(H2,13,14,17)/t10-/m0/s1. The summed E-state index contributed by atoms with van der Waals surface area (Å²) in [5, 5.41) is 14.0. The second-order valence-corrected chi connectivity index (χ2v) is 5.00. The van der Waals surface area contributed by atoms with Crippen LogP contribution in [0.5, 0.6) is 0 Å². The molecule has 5 nitrogen and oxygen atoms in total. The molecule has 1 atom stereocenters. The van der Waals surface area contributed by atoms with Crippen LogP contribution in [-0.2, 0) is 4.79 Å². The van der Waals surface area contributed by atoms with Gasteiger partial charge in [-0.05, 0) is 24.7 Å². The molecular formula is C12H24N2O3. The number of aliphatic carboxylic acids is 1. The fourth-order valence-corrected chi connectivity index (χ4v) is 1.42. The van der Waals surface area contributed by atoms with Crippen LogP contribution in [0.1, 0.15) is 40.5 Å². The van der Waals surface area contributed by atoms with E-state index in [0.717, 1.165) is 12.8 Å². The Morgan fingerprint density at radius 3 is 2.18 bits per heavy atom. The molecule has 0 radical (unpaired) electrons. The molecule has 0 heterocycles. The summed E-state index contributed by atoms with van der Waals surface area (Å²) < 4.78 is 0. The number of carboxylic acids is 1. The van der Waals surface area contributed by atoms with Crippen molar-refractivity contribution in [1.29, 1.82) is 0 Å². The van der Waals surface area contributed by atoms with Gasteiger partial charge >= 0.3 is 12.0 Å². The van der Waals surface area contributed by atoms with Crippen molar-refractivity contribution < 1.29 is 14.7 Å². The first-order valence-corrected chi connectivity index (χ1v) is 6.11. The quantitative estimate of drug-likeness (QED) is 0.598. The molecule has 0 spiro atoms.